The zero-order chi connectivity index (χ0) is 19.8. The lowest BCUT2D eigenvalue weighted by Crippen LogP contribution is -2.35. The summed E-state index contributed by atoms with van der Waals surface area (Å²) in [5.41, 5.74) is 1.80. The van der Waals surface area contributed by atoms with Crippen molar-refractivity contribution in [3.63, 3.8) is 0 Å². The van der Waals surface area contributed by atoms with Crippen LogP contribution in [0.2, 0.25) is 5.02 Å². The molecule has 1 aliphatic rings. The molecule has 2 aromatic rings. The number of carbonyl (C=O) groups excluding carboxylic acids is 2. The fourth-order valence-electron chi connectivity index (χ4n) is 2.94. The first-order chi connectivity index (χ1) is 12.7. The molecule has 0 bridgehead atoms. The van der Waals surface area contributed by atoms with E-state index in [9.17, 15) is 9.59 Å². The van der Waals surface area contributed by atoms with E-state index in [0.29, 0.717) is 22.3 Å². The number of likely N-dealkylation sites (N-methyl/N-ethyl adjacent to an activating group) is 1. The van der Waals surface area contributed by atoms with Crippen LogP contribution in [0.15, 0.2) is 30.3 Å². The highest BCUT2D eigenvalue weighted by atomic mass is 35.5. The van der Waals surface area contributed by atoms with E-state index in [1.807, 2.05) is 10.7 Å². The largest absolute Gasteiger partial charge is 0.331 e. The van der Waals surface area contributed by atoms with Gasteiger partial charge in [0.25, 0.3) is 5.91 Å². The van der Waals surface area contributed by atoms with Crippen molar-refractivity contribution in [2.75, 3.05) is 18.9 Å². The number of hydrogen-bond donors (Lipinski definition) is 1. The minimum absolute atomic E-state index is 0.0782. The molecule has 1 N–H and O–H groups in total. The van der Waals surface area contributed by atoms with Gasteiger partial charge >= 0.3 is 0 Å². The third kappa shape index (κ3) is 4.50. The topological polar surface area (TPSA) is 67.2 Å². The number of halogens is 1. The number of aromatic nitrogens is 2. The van der Waals surface area contributed by atoms with Crippen LogP contribution in [0.5, 0.6) is 0 Å². The molecule has 1 heterocycles. The van der Waals surface area contributed by atoms with Crippen molar-refractivity contribution in [3.05, 3.63) is 46.7 Å². The predicted molar refractivity (Wildman–Crippen MR) is 106 cm³/mol. The highest BCUT2D eigenvalue weighted by Gasteiger charge is 2.33. The van der Waals surface area contributed by atoms with E-state index in [2.05, 4.69) is 31.2 Å². The molecular weight excluding hydrogens is 364 g/mol. The van der Waals surface area contributed by atoms with Gasteiger partial charge in [-0.15, -0.1) is 0 Å². The molecule has 27 heavy (non-hydrogen) atoms. The van der Waals surface area contributed by atoms with Gasteiger partial charge in [0.15, 0.2) is 5.69 Å². The Morgan fingerprint density at radius 2 is 1.96 bits per heavy atom. The minimum Gasteiger partial charge on any atom is -0.331 e. The van der Waals surface area contributed by atoms with Crippen LogP contribution in [0, 0.1) is 0 Å². The van der Waals surface area contributed by atoms with Crippen LogP contribution >= 0.6 is 11.6 Å². The highest BCUT2D eigenvalue weighted by molar-refractivity contribution is 6.33. The molecule has 1 aliphatic carbocycles. The number of carbonyl (C=O) groups is 2. The fourth-order valence-corrected chi connectivity index (χ4v) is 3.13. The lowest BCUT2D eigenvalue weighted by molar-refractivity contribution is -0.116. The second kappa shape index (κ2) is 7.35. The third-order valence-corrected chi connectivity index (χ3v) is 4.79. The monoisotopic (exact) mass is 388 g/mol. The Hall–Kier alpha value is -2.34. The Morgan fingerprint density at radius 3 is 2.56 bits per heavy atom. The van der Waals surface area contributed by atoms with Crippen LogP contribution in [-0.2, 0) is 10.3 Å². The van der Waals surface area contributed by atoms with Gasteiger partial charge in [-0.05, 0) is 51.8 Å². The Bertz CT molecular complexity index is 865. The van der Waals surface area contributed by atoms with Gasteiger partial charge in [0, 0.05) is 18.7 Å². The van der Waals surface area contributed by atoms with Crippen molar-refractivity contribution in [2.45, 2.75) is 45.1 Å². The van der Waals surface area contributed by atoms with Crippen molar-refractivity contribution in [1.29, 1.82) is 0 Å². The van der Waals surface area contributed by atoms with Crippen molar-refractivity contribution < 1.29 is 9.59 Å². The summed E-state index contributed by atoms with van der Waals surface area (Å²) in [6, 6.07) is 8.86. The quantitative estimate of drug-likeness (QED) is 0.845. The summed E-state index contributed by atoms with van der Waals surface area (Å²) < 4.78 is 1.94. The highest BCUT2D eigenvalue weighted by Crippen LogP contribution is 2.41. The van der Waals surface area contributed by atoms with Gasteiger partial charge < -0.3 is 10.2 Å². The van der Waals surface area contributed by atoms with E-state index < -0.39 is 0 Å². The van der Waals surface area contributed by atoms with Crippen molar-refractivity contribution in [3.8, 4) is 0 Å². The lowest BCUT2D eigenvalue weighted by atomic mass is 10.1. The Labute approximate surface area is 164 Å². The summed E-state index contributed by atoms with van der Waals surface area (Å²) in [5, 5.41) is 7.72. The predicted octanol–water partition coefficient (Wildman–Crippen LogP) is 3.88. The van der Waals surface area contributed by atoms with Gasteiger partial charge in [-0.3, -0.25) is 14.3 Å². The molecule has 0 unspecified atom stereocenters. The SMILES string of the molecule is CN(CC(=O)Nc1ccccc1Cl)C(=O)c1cc(C2CC2)n(C(C)(C)C)n1. The summed E-state index contributed by atoms with van der Waals surface area (Å²) >= 11 is 6.05. The molecule has 1 saturated carbocycles. The maximum absolute atomic E-state index is 12.8. The van der Waals surface area contributed by atoms with Crippen molar-refractivity contribution in [2.24, 2.45) is 0 Å². The average Bonchev–Trinajstić information content (AvgIpc) is 3.33. The fraction of sp³-hybridized carbons (Fsp3) is 0.450. The van der Waals surface area contributed by atoms with E-state index >= 15 is 0 Å². The number of hydrogen-bond acceptors (Lipinski definition) is 3. The van der Waals surface area contributed by atoms with E-state index in [4.69, 9.17) is 11.6 Å². The number of nitrogens with one attached hydrogen (secondary N) is 1. The second-order valence-corrected chi connectivity index (χ2v) is 8.41. The minimum atomic E-state index is -0.309. The summed E-state index contributed by atoms with van der Waals surface area (Å²) in [7, 11) is 1.60. The van der Waals surface area contributed by atoms with Gasteiger partial charge in [-0.2, -0.15) is 5.10 Å². The Balaban J connectivity index is 1.70. The Morgan fingerprint density at radius 1 is 1.30 bits per heavy atom. The van der Waals surface area contributed by atoms with Crippen LogP contribution in [0.1, 0.15) is 55.7 Å². The van der Waals surface area contributed by atoms with Crippen LogP contribution in [0.3, 0.4) is 0 Å². The molecule has 6 nitrogen and oxygen atoms in total. The molecule has 7 heteroatoms. The smallest absolute Gasteiger partial charge is 0.274 e. The zero-order valence-electron chi connectivity index (χ0n) is 16.1. The van der Waals surface area contributed by atoms with E-state index in [0.717, 1.165) is 18.5 Å². The molecule has 0 saturated heterocycles. The first-order valence-electron chi connectivity index (χ1n) is 9.07. The average molecular weight is 389 g/mol. The molecule has 2 amide bonds. The third-order valence-electron chi connectivity index (χ3n) is 4.46. The van der Waals surface area contributed by atoms with Crippen molar-refractivity contribution >= 4 is 29.1 Å². The van der Waals surface area contributed by atoms with Gasteiger partial charge in [-0.1, -0.05) is 23.7 Å². The molecule has 0 radical (unpaired) electrons. The van der Waals surface area contributed by atoms with Crippen molar-refractivity contribution in [1.82, 2.24) is 14.7 Å². The van der Waals surface area contributed by atoms with E-state index in [-0.39, 0.29) is 23.9 Å². The molecule has 3 rings (SSSR count). The molecule has 1 fully saturated rings. The number of para-hydroxylation sites is 1. The first kappa shape index (κ1) is 19.4. The van der Waals surface area contributed by atoms with Gasteiger partial charge in [0.05, 0.1) is 22.8 Å². The second-order valence-electron chi connectivity index (χ2n) is 8.00. The van der Waals surface area contributed by atoms with Gasteiger partial charge in [0.2, 0.25) is 5.91 Å². The number of nitrogens with zero attached hydrogens (tertiary/aromatic N) is 3. The first-order valence-corrected chi connectivity index (χ1v) is 9.45. The molecule has 0 atom stereocenters. The summed E-state index contributed by atoms with van der Waals surface area (Å²) in [5.74, 6) is -0.0991. The van der Waals surface area contributed by atoms with Crippen LogP contribution in [-0.4, -0.2) is 40.1 Å². The zero-order valence-corrected chi connectivity index (χ0v) is 16.9. The maximum atomic E-state index is 12.8. The van der Waals surface area contributed by atoms with E-state index in [1.54, 1.807) is 31.3 Å². The molecule has 0 aliphatic heterocycles. The number of rotatable bonds is 5. The Kier molecular flexibility index (Phi) is 5.29. The summed E-state index contributed by atoms with van der Waals surface area (Å²) in [6.07, 6.45) is 2.26. The van der Waals surface area contributed by atoms with Crippen LogP contribution < -0.4 is 5.32 Å². The molecule has 144 valence electrons. The van der Waals surface area contributed by atoms with Gasteiger partial charge in [0.1, 0.15) is 0 Å². The summed E-state index contributed by atoms with van der Waals surface area (Å²) in [6.45, 7) is 6.13. The molecule has 0 spiro atoms. The molecule has 1 aromatic carbocycles. The maximum Gasteiger partial charge on any atom is 0.274 e. The van der Waals surface area contributed by atoms with E-state index in [1.165, 1.54) is 4.90 Å². The standard InChI is InChI=1S/C20H25ClN4O2/c1-20(2,3)25-17(13-9-10-13)11-16(23-25)19(27)24(4)12-18(26)22-15-8-6-5-7-14(15)21/h5-8,11,13H,9-10,12H2,1-4H3,(H,22,26). The van der Waals surface area contributed by atoms with Gasteiger partial charge in [-0.25, -0.2) is 0 Å². The number of anilines is 1. The number of amides is 2. The normalized spacial score (nSPS) is 14.1. The molecular formula is C20H25ClN4O2. The molecule has 1 aromatic heterocycles. The lowest BCUT2D eigenvalue weighted by Gasteiger charge is -2.22. The number of benzene rings is 1. The van der Waals surface area contributed by atoms with Crippen LogP contribution in [0.25, 0.3) is 0 Å². The summed E-state index contributed by atoms with van der Waals surface area (Å²) in [4.78, 5) is 26.4. The van der Waals surface area contributed by atoms with Crippen LogP contribution in [0.4, 0.5) is 5.69 Å².